The Morgan fingerprint density at radius 3 is 2.61 bits per heavy atom. The highest BCUT2D eigenvalue weighted by Crippen LogP contribution is 2.38. The van der Waals surface area contributed by atoms with Gasteiger partial charge in [0.25, 0.3) is 5.91 Å². The van der Waals surface area contributed by atoms with Crippen molar-refractivity contribution in [2.75, 3.05) is 23.9 Å². The van der Waals surface area contributed by atoms with Crippen molar-refractivity contribution >= 4 is 41.0 Å². The van der Waals surface area contributed by atoms with Gasteiger partial charge in [-0.1, -0.05) is 43.7 Å². The van der Waals surface area contributed by atoms with Crippen LogP contribution in [-0.2, 0) is 16.0 Å². The summed E-state index contributed by atoms with van der Waals surface area (Å²) < 4.78 is 5.37. The second kappa shape index (κ2) is 10.1. The zero-order chi connectivity index (χ0) is 23.4. The number of para-hydroxylation sites is 2. The molecule has 4 amide bonds. The number of carbonyl (C=O) groups is 3. The highest BCUT2D eigenvalue weighted by molar-refractivity contribution is 8.03. The highest BCUT2D eigenvalue weighted by atomic mass is 32.2. The van der Waals surface area contributed by atoms with Gasteiger partial charge in [0.2, 0.25) is 5.91 Å². The molecule has 2 heterocycles. The molecule has 2 aliphatic heterocycles. The number of hydrogen-bond donors (Lipinski definition) is 1. The predicted molar refractivity (Wildman–Crippen MR) is 131 cm³/mol. The number of carbonyl (C=O) groups excluding carboxylic acids is 3. The van der Waals surface area contributed by atoms with Gasteiger partial charge >= 0.3 is 6.03 Å². The van der Waals surface area contributed by atoms with Crippen LogP contribution in [0.5, 0.6) is 5.75 Å². The van der Waals surface area contributed by atoms with Crippen LogP contribution in [0.15, 0.2) is 60.0 Å². The number of aryl methyl sites for hydroxylation is 1. The van der Waals surface area contributed by atoms with Crippen molar-refractivity contribution in [3.8, 4) is 5.75 Å². The van der Waals surface area contributed by atoms with E-state index in [4.69, 9.17) is 4.74 Å². The van der Waals surface area contributed by atoms with Gasteiger partial charge in [0.1, 0.15) is 17.5 Å². The van der Waals surface area contributed by atoms with Gasteiger partial charge in [0, 0.05) is 5.69 Å². The van der Waals surface area contributed by atoms with Gasteiger partial charge < -0.3 is 15.0 Å². The van der Waals surface area contributed by atoms with E-state index in [9.17, 15) is 14.4 Å². The summed E-state index contributed by atoms with van der Waals surface area (Å²) in [6.07, 6.45) is 5.07. The zero-order valence-corrected chi connectivity index (χ0v) is 19.5. The van der Waals surface area contributed by atoms with Crippen molar-refractivity contribution in [2.24, 2.45) is 0 Å². The number of nitrogens with one attached hydrogen (secondary N) is 1. The summed E-state index contributed by atoms with van der Waals surface area (Å²) in [5.74, 6) is -0.215. The van der Waals surface area contributed by atoms with Gasteiger partial charge in [-0.2, -0.15) is 0 Å². The second-order valence-electron chi connectivity index (χ2n) is 7.98. The number of benzene rings is 2. The molecule has 7 nitrogen and oxygen atoms in total. The zero-order valence-electron chi connectivity index (χ0n) is 18.7. The molecule has 2 unspecified atom stereocenters. The lowest BCUT2D eigenvalue weighted by atomic mass is 10.1. The van der Waals surface area contributed by atoms with Crippen LogP contribution >= 0.6 is 11.8 Å². The summed E-state index contributed by atoms with van der Waals surface area (Å²) in [5.41, 5.74) is 2.27. The average molecular weight is 466 g/mol. The maximum Gasteiger partial charge on any atom is 0.332 e. The molecule has 2 aliphatic rings. The Morgan fingerprint density at radius 2 is 1.88 bits per heavy atom. The number of imide groups is 1. The molecule has 8 heteroatoms. The summed E-state index contributed by atoms with van der Waals surface area (Å²) in [6.45, 7) is 1.99. The van der Waals surface area contributed by atoms with Gasteiger partial charge in [0.05, 0.1) is 18.8 Å². The molecular formula is C25H27N3O4S. The van der Waals surface area contributed by atoms with Crippen molar-refractivity contribution in [3.63, 3.8) is 0 Å². The van der Waals surface area contributed by atoms with Gasteiger partial charge in [-0.3, -0.25) is 9.59 Å². The van der Waals surface area contributed by atoms with Gasteiger partial charge in [0.15, 0.2) is 0 Å². The molecule has 33 heavy (non-hydrogen) atoms. The number of thioether (sulfide) groups is 1. The summed E-state index contributed by atoms with van der Waals surface area (Å²) in [6, 6.07) is 13.6. The van der Waals surface area contributed by atoms with E-state index in [1.54, 1.807) is 30.3 Å². The Kier molecular flexibility index (Phi) is 7.03. The molecule has 1 saturated heterocycles. The third kappa shape index (κ3) is 4.75. The number of fused-ring (bicyclic) bond motifs is 1. The van der Waals surface area contributed by atoms with E-state index in [1.165, 1.54) is 29.3 Å². The lowest BCUT2D eigenvalue weighted by molar-refractivity contribution is -0.121. The maximum absolute atomic E-state index is 13.4. The smallest absolute Gasteiger partial charge is 0.332 e. The fourth-order valence-corrected chi connectivity index (χ4v) is 5.08. The Bertz CT molecular complexity index is 1070. The minimum Gasteiger partial charge on any atom is -0.495 e. The average Bonchev–Trinajstić information content (AvgIpc) is 3.32. The van der Waals surface area contributed by atoms with Gasteiger partial charge in [-0.25, -0.2) is 9.69 Å². The molecule has 172 valence electrons. The number of unbranched alkanes of at least 4 members (excludes halogenated alkanes) is 1. The third-order valence-corrected chi connectivity index (χ3v) is 6.86. The first-order valence-electron chi connectivity index (χ1n) is 11.0. The molecule has 4 rings (SSSR count). The monoisotopic (exact) mass is 465 g/mol. The van der Waals surface area contributed by atoms with Crippen LogP contribution in [0.25, 0.3) is 0 Å². The largest absolute Gasteiger partial charge is 0.495 e. The molecule has 1 N–H and O–H groups in total. The summed E-state index contributed by atoms with van der Waals surface area (Å²) >= 11 is 1.35. The molecule has 2 atom stereocenters. The first-order valence-corrected chi connectivity index (χ1v) is 12.0. The molecule has 0 aromatic heterocycles. The number of anilines is 2. The first-order chi connectivity index (χ1) is 16.0. The standard InChI is InChI=1S/C25H27N3O4S/c1-3-4-7-17-10-12-18(13-11-17)26-22(29)16-27-20-14-15-33-23(20)24(30)28(25(27)31)19-8-5-6-9-21(19)32-2/h5-6,8-15,20,23H,3-4,7,16H2,1-2H3,(H,26,29). The molecule has 1 fully saturated rings. The van der Waals surface area contributed by atoms with Crippen LogP contribution < -0.4 is 15.0 Å². The van der Waals surface area contributed by atoms with E-state index < -0.39 is 17.3 Å². The minimum atomic E-state index is -0.539. The number of ether oxygens (including phenoxy) is 1. The van der Waals surface area contributed by atoms with Gasteiger partial charge in [-0.05, 0) is 48.1 Å². The topological polar surface area (TPSA) is 79.0 Å². The molecule has 0 saturated carbocycles. The number of rotatable bonds is 8. The summed E-state index contributed by atoms with van der Waals surface area (Å²) in [7, 11) is 1.49. The number of nitrogens with zero attached hydrogens (tertiary/aromatic N) is 2. The van der Waals surface area contributed by atoms with Crippen LogP contribution in [0.2, 0.25) is 0 Å². The van der Waals surface area contributed by atoms with Gasteiger partial charge in [-0.15, -0.1) is 11.8 Å². The first kappa shape index (κ1) is 22.9. The maximum atomic E-state index is 13.4. The van der Waals surface area contributed by atoms with Crippen molar-refractivity contribution in [1.29, 1.82) is 0 Å². The lowest BCUT2D eigenvalue weighted by Crippen LogP contribution is -2.63. The normalized spacial score (nSPS) is 19.6. The Morgan fingerprint density at radius 1 is 1.12 bits per heavy atom. The minimum absolute atomic E-state index is 0.165. The van der Waals surface area contributed by atoms with Crippen LogP contribution in [-0.4, -0.2) is 47.7 Å². The van der Waals surface area contributed by atoms with Crippen molar-refractivity contribution in [1.82, 2.24) is 4.90 Å². The van der Waals surface area contributed by atoms with Crippen LogP contribution in [0.4, 0.5) is 16.2 Å². The van der Waals surface area contributed by atoms with E-state index in [0.717, 1.165) is 24.2 Å². The van der Waals surface area contributed by atoms with E-state index >= 15 is 0 Å². The quantitative estimate of drug-likeness (QED) is 0.623. The van der Waals surface area contributed by atoms with Crippen LogP contribution in [0.1, 0.15) is 25.3 Å². The van der Waals surface area contributed by atoms with Crippen LogP contribution in [0, 0.1) is 0 Å². The van der Waals surface area contributed by atoms with Crippen molar-refractivity contribution in [2.45, 2.75) is 37.5 Å². The number of amides is 4. The van der Waals surface area contributed by atoms with Crippen molar-refractivity contribution in [3.05, 3.63) is 65.6 Å². The SMILES string of the molecule is CCCCc1ccc(NC(=O)CN2C(=O)N(c3ccccc3OC)C(=O)C3SC=CC32)cc1. The number of urea groups is 1. The molecule has 0 radical (unpaired) electrons. The fourth-order valence-electron chi connectivity index (χ4n) is 4.04. The molecule has 0 bridgehead atoms. The second-order valence-corrected chi connectivity index (χ2v) is 9.03. The molecule has 2 aromatic rings. The highest BCUT2D eigenvalue weighted by Gasteiger charge is 2.49. The molecule has 2 aromatic carbocycles. The lowest BCUT2D eigenvalue weighted by Gasteiger charge is -2.41. The van der Waals surface area contributed by atoms with Crippen molar-refractivity contribution < 1.29 is 19.1 Å². The Labute approximate surface area is 197 Å². The fraction of sp³-hybridized carbons (Fsp3) is 0.320. The Balaban J connectivity index is 1.52. The van der Waals surface area contributed by atoms with E-state index in [-0.39, 0.29) is 18.4 Å². The van der Waals surface area contributed by atoms with E-state index in [0.29, 0.717) is 17.1 Å². The Hall–Kier alpha value is -3.26. The van der Waals surface area contributed by atoms with E-state index in [1.807, 2.05) is 29.7 Å². The molecule has 0 aliphatic carbocycles. The number of hydrogen-bond acceptors (Lipinski definition) is 5. The number of methoxy groups -OCH3 is 1. The predicted octanol–water partition coefficient (Wildman–Crippen LogP) is 4.44. The molecular weight excluding hydrogens is 438 g/mol. The molecule has 0 spiro atoms. The third-order valence-electron chi connectivity index (χ3n) is 5.77. The van der Waals surface area contributed by atoms with Crippen LogP contribution in [0.3, 0.4) is 0 Å². The summed E-state index contributed by atoms with van der Waals surface area (Å²) in [4.78, 5) is 42.0. The summed E-state index contributed by atoms with van der Waals surface area (Å²) in [5, 5.41) is 4.18. The van der Waals surface area contributed by atoms with E-state index in [2.05, 4.69) is 12.2 Å².